The van der Waals surface area contributed by atoms with Gasteiger partial charge in [-0.05, 0) is 24.0 Å². The summed E-state index contributed by atoms with van der Waals surface area (Å²) in [6.45, 7) is 7.93. The molecule has 3 nitrogen and oxygen atoms in total. The van der Waals surface area contributed by atoms with Crippen molar-refractivity contribution in [1.29, 1.82) is 0 Å². The first-order chi connectivity index (χ1) is 9.02. The number of methoxy groups -OCH3 is 1. The van der Waals surface area contributed by atoms with Gasteiger partial charge in [0.1, 0.15) is 5.76 Å². The molecule has 0 N–H and O–H groups in total. The van der Waals surface area contributed by atoms with Crippen LogP contribution in [0.25, 0.3) is 0 Å². The van der Waals surface area contributed by atoms with Gasteiger partial charge in [0.15, 0.2) is 5.78 Å². The first-order valence-corrected chi connectivity index (χ1v) is 6.52. The van der Waals surface area contributed by atoms with Crippen LogP contribution in [-0.2, 0) is 11.2 Å². The van der Waals surface area contributed by atoms with Crippen molar-refractivity contribution in [3.05, 3.63) is 47.5 Å². The SMILES string of the molecule is C=C1/C=C\[C@H](OC)[C@@H](C)CC(=O)c2c(C)coc2C1. The van der Waals surface area contributed by atoms with E-state index in [9.17, 15) is 4.79 Å². The summed E-state index contributed by atoms with van der Waals surface area (Å²) in [5, 5.41) is 0. The number of rotatable bonds is 1. The Labute approximate surface area is 113 Å². The zero-order valence-corrected chi connectivity index (χ0v) is 11.7. The lowest BCUT2D eigenvalue weighted by molar-refractivity contribution is 0.0772. The van der Waals surface area contributed by atoms with Crippen LogP contribution in [0, 0.1) is 12.8 Å². The van der Waals surface area contributed by atoms with Crippen LogP contribution in [0.2, 0.25) is 0 Å². The van der Waals surface area contributed by atoms with Crippen molar-refractivity contribution in [3.63, 3.8) is 0 Å². The number of ether oxygens (including phenoxy) is 1. The van der Waals surface area contributed by atoms with Crippen LogP contribution in [0.5, 0.6) is 0 Å². The minimum Gasteiger partial charge on any atom is -0.468 e. The molecule has 1 aliphatic rings. The highest BCUT2D eigenvalue weighted by atomic mass is 16.5. The van der Waals surface area contributed by atoms with Crippen LogP contribution in [0.3, 0.4) is 0 Å². The summed E-state index contributed by atoms with van der Waals surface area (Å²) in [6, 6.07) is 0. The number of ketones is 1. The number of carbonyl (C=O) groups is 1. The molecule has 0 saturated carbocycles. The van der Waals surface area contributed by atoms with Gasteiger partial charge in [-0.1, -0.05) is 25.7 Å². The van der Waals surface area contributed by atoms with Crippen LogP contribution in [0.1, 0.15) is 35.0 Å². The molecule has 1 aromatic heterocycles. The molecule has 0 radical (unpaired) electrons. The highest BCUT2D eigenvalue weighted by Gasteiger charge is 2.24. The Kier molecular flexibility index (Phi) is 4.05. The van der Waals surface area contributed by atoms with E-state index in [4.69, 9.17) is 9.15 Å². The van der Waals surface area contributed by atoms with Crippen molar-refractivity contribution < 1.29 is 13.9 Å². The molecule has 0 amide bonds. The van der Waals surface area contributed by atoms with Gasteiger partial charge in [-0.2, -0.15) is 0 Å². The van der Waals surface area contributed by atoms with E-state index < -0.39 is 0 Å². The molecule has 0 aliphatic heterocycles. The molecule has 1 aromatic rings. The number of hydrogen-bond donors (Lipinski definition) is 0. The number of furan rings is 1. The summed E-state index contributed by atoms with van der Waals surface area (Å²) in [5.41, 5.74) is 2.54. The molecule has 0 unspecified atom stereocenters. The molecule has 0 saturated heterocycles. The molecule has 102 valence electrons. The third-order valence-corrected chi connectivity index (χ3v) is 3.58. The van der Waals surface area contributed by atoms with Crippen molar-refractivity contribution in [2.24, 2.45) is 5.92 Å². The van der Waals surface area contributed by atoms with Crippen molar-refractivity contribution in [3.8, 4) is 0 Å². The van der Waals surface area contributed by atoms with E-state index in [1.165, 1.54) is 0 Å². The molecule has 0 spiro atoms. The summed E-state index contributed by atoms with van der Waals surface area (Å²) in [7, 11) is 1.67. The molecule has 1 aliphatic carbocycles. The monoisotopic (exact) mass is 260 g/mol. The molecule has 1 heterocycles. The van der Waals surface area contributed by atoms with Gasteiger partial charge in [0, 0.05) is 20.0 Å². The highest BCUT2D eigenvalue weighted by molar-refractivity contribution is 5.98. The maximum Gasteiger partial charge on any atom is 0.167 e. The van der Waals surface area contributed by atoms with Crippen molar-refractivity contribution >= 4 is 5.78 Å². The quantitative estimate of drug-likeness (QED) is 0.776. The summed E-state index contributed by atoms with van der Waals surface area (Å²) in [5.74, 6) is 0.973. The first-order valence-electron chi connectivity index (χ1n) is 6.52. The molecule has 0 fully saturated rings. The number of allylic oxidation sites excluding steroid dienone is 2. The second-order valence-corrected chi connectivity index (χ2v) is 5.22. The molecule has 0 aromatic carbocycles. The van der Waals surface area contributed by atoms with Gasteiger partial charge in [0.2, 0.25) is 0 Å². The van der Waals surface area contributed by atoms with Crippen molar-refractivity contribution in [2.45, 2.75) is 32.8 Å². The molecular formula is C16H20O3. The highest BCUT2D eigenvalue weighted by Crippen LogP contribution is 2.26. The first kappa shape index (κ1) is 13.8. The normalized spacial score (nSPS) is 26.1. The minimum atomic E-state index is -0.0607. The van der Waals surface area contributed by atoms with Gasteiger partial charge in [0.05, 0.1) is 17.9 Å². The van der Waals surface area contributed by atoms with Crippen LogP contribution >= 0.6 is 0 Å². The Morgan fingerprint density at radius 1 is 1.47 bits per heavy atom. The smallest absolute Gasteiger partial charge is 0.167 e. The lowest BCUT2D eigenvalue weighted by Gasteiger charge is -2.20. The molecule has 3 heteroatoms. The minimum absolute atomic E-state index is 0.0607. The number of Topliss-reactive ketones (excluding diaryl/α,β-unsaturated/α-hetero) is 1. The van der Waals surface area contributed by atoms with Crippen LogP contribution in [0.4, 0.5) is 0 Å². The van der Waals surface area contributed by atoms with Gasteiger partial charge in [0.25, 0.3) is 0 Å². The second-order valence-electron chi connectivity index (χ2n) is 5.22. The van der Waals surface area contributed by atoms with Gasteiger partial charge < -0.3 is 9.15 Å². The van der Waals surface area contributed by atoms with Crippen molar-refractivity contribution in [2.75, 3.05) is 7.11 Å². The van der Waals surface area contributed by atoms with E-state index in [0.717, 1.165) is 22.5 Å². The molecule has 0 bridgehead atoms. The largest absolute Gasteiger partial charge is 0.468 e. The third kappa shape index (κ3) is 2.87. The lowest BCUT2D eigenvalue weighted by Crippen LogP contribution is -2.22. The number of carbonyl (C=O) groups excluding carboxylic acids is 1. The number of hydrogen-bond acceptors (Lipinski definition) is 3. The van der Waals surface area contributed by atoms with E-state index in [-0.39, 0.29) is 17.8 Å². The Morgan fingerprint density at radius 3 is 2.89 bits per heavy atom. The Bertz CT molecular complexity index is 522. The third-order valence-electron chi connectivity index (χ3n) is 3.58. The fraction of sp³-hybridized carbons (Fsp3) is 0.438. The Hall–Kier alpha value is -1.61. The predicted octanol–water partition coefficient (Wildman–Crippen LogP) is 3.48. The zero-order valence-electron chi connectivity index (χ0n) is 11.7. The summed E-state index contributed by atoms with van der Waals surface area (Å²) >= 11 is 0. The molecule has 2 rings (SSSR count). The van der Waals surface area contributed by atoms with Gasteiger partial charge in [-0.25, -0.2) is 0 Å². The van der Waals surface area contributed by atoms with E-state index in [0.29, 0.717) is 12.8 Å². The maximum atomic E-state index is 12.4. The lowest BCUT2D eigenvalue weighted by atomic mass is 9.90. The number of aryl methyl sites for hydroxylation is 1. The fourth-order valence-electron chi connectivity index (χ4n) is 2.51. The van der Waals surface area contributed by atoms with Gasteiger partial charge >= 0.3 is 0 Å². The Balaban J connectivity index is 2.40. The summed E-state index contributed by atoms with van der Waals surface area (Å²) in [6.07, 6.45) is 6.55. The predicted molar refractivity (Wildman–Crippen MR) is 74.3 cm³/mol. The van der Waals surface area contributed by atoms with Gasteiger partial charge in [-0.15, -0.1) is 0 Å². The molecular weight excluding hydrogens is 240 g/mol. The van der Waals surface area contributed by atoms with E-state index in [1.807, 2.05) is 26.0 Å². The van der Waals surface area contributed by atoms with Gasteiger partial charge in [-0.3, -0.25) is 4.79 Å². The maximum absolute atomic E-state index is 12.4. The van der Waals surface area contributed by atoms with E-state index in [2.05, 4.69) is 6.58 Å². The Morgan fingerprint density at radius 2 is 2.21 bits per heavy atom. The molecule has 2 atom stereocenters. The zero-order chi connectivity index (χ0) is 14.0. The number of fused-ring (bicyclic) bond motifs is 1. The van der Waals surface area contributed by atoms with Crippen molar-refractivity contribution in [1.82, 2.24) is 0 Å². The van der Waals surface area contributed by atoms with Crippen LogP contribution < -0.4 is 0 Å². The van der Waals surface area contributed by atoms with Crippen LogP contribution in [-0.4, -0.2) is 19.0 Å². The van der Waals surface area contributed by atoms with E-state index >= 15 is 0 Å². The summed E-state index contributed by atoms with van der Waals surface area (Å²) < 4.78 is 10.9. The average Bonchev–Trinajstić information content (AvgIpc) is 2.70. The molecule has 19 heavy (non-hydrogen) atoms. The topological polar surface area (TPSA) is 39.4 Å². The summed E-state index contributed by atoms with van der Waals surface area (Å²) in [4.78, 5) is 12.4. The fourth-order valence-corrected chi connectivity index (χ4v) is 2.51. The average molecular weight is 260 g/mol. The standard InChI is InChI=1S/C16H20O3/c1-10-5-6-14(18-4)11(2)8-13(17)16-12(3)9-19-15(16)7-10/h5-6,9,11,14H,1,7-8H2,2-4H3/b6-5-/t11-,14-/m0/s1. The second kappa shape index (κ2) is 5.57. The van der Waals surface area contributed by atoms with E-state index in [1.54, 1.807) is 13.4 Å². The van der Waals surface area contributed by atoms with Crippen LogP contribution in [0.15, 0.2) is 35.0 Å².